The van der Waals surface area contributed by atoms with Crippen molar-refractivity contribution in [1.82, 2.24) is 0 Å². The topological polar surface area (TPSA) is 42.0 Å². The molecule has 7 heteroatoms. The first-order chi connectivity index (χ1) is 13.7. The van der Waals surface area contributed by atoms with Crippen molar-refractivity contribution < 1.29 is 18.7 Å². The van der Waals surface area contributed by atoms with Gasteiger partial charge in [0.05, 0.1) is 5.69 Å². The Morgan fingerprint density at radius 3 is 2.23 bits per heavy atom. The second-order valence-corrected chi connectivity index (χ2v) is 10.5. The van der Waals surface area contributed by atoms with Gasteiger partial charge in [-0.05, 0) is 71.9 Å². The van der Waals surface area contributed by atoms with Gasteiger partial charge in [-0.1, -0.05) is 11.8 Å². The third kappa shape index (κ3) is 4.83. The minimum Gasteiger partial charge on any atom is -0.488 e. The number of amides is 1. The summed E-state index contributed by atoms with van der Waals surface area (Å²) in [5.41, 5.74) is 0.419. The van der Waals surface area contributed by atoms with Crippen LogP contribution in [0.1, 0.15) is 41.5 Å². The molecule has 30 heavy (non-hydrogen) atoms. The van der Waals surface area contributed by atoms with E-state index in [9.17, 15) is 4.79 Å². The summed E-state index contributed by atoms with van der Waals surface area (Å²) in [5.74, 6) is 0.209. The summed E-state index contributed by atoms with van der Waals surface area (Å²) < 4.78 is 26.8. The van der Waals surface area contributed by atoms with Gasteiger partial charge in [-0.25, -0.2) is 14.1 Å². The lowest BCUT2D eigenvalue weighted by atomic mass is 10.1. The number of halogens is 1. The van der Waals surface area contributed by atoms with E-state index in [1.165, 1.54) is 22.7 Å². The molecule has 0 radical (unpaired) electrons. The lowest BCUT2D eigenvalue weighted by Gasteiger charge is -2.34. The van der Waals surface area contributed by atoms with Crippen molar-refractivity contribution in [2.75, 3.05) is 23.9 Å². The Kier molecular flexibility index (Phi) is 5.71. The molecule has 0 aliphatic carbocycles. The Labute approximate surface area is 182 Å². The van der Waals surface area contributed by atoms with Crippen LogP contribution in [0.2, 0.25) is 0 Å². The smallest absolute Gasteiger partial charge is 0.419 e. The van der Waals surface area contributed by atoms with Crippen LogP contribution in [0.4, 0.5) is 26.2 Å². The molecule has 0 fully saturated rings. The molecule has 0 saturated heterocycles. The number of carbonyl (C=O) groups is 1. The number of anilines is 3. The predicted molar refractivity (Wildman–Crippen MR) is 120 cm³/mol. The van der Waals surface area contributed by atoms with Crippen molar-refractivity contribution in [3.05, 3.63) is 36.1 Å². The van der Waals surface area contributed by atoms with Crippen LogP contribution in [0.5, 0.6) is 5.75 Å². The number of ether oxygens (including phenoxy) is 2. The molecule has 2 aromatic carbocycles. The van der Waals surface area contributed by atoms with Crippen LogP contribution in [0.3, 0.4) is 0 Å². The van der Waals surface area contributed by atoms with E-state index in [4.69, 9.17) is 9.47 Å². The van der Waals surface area contributed by atoms with E-state index < -0.39 is 17.5 Å². The number of nitrogens with zero attached hydrogens (tertiary/aromatic N) is 2. The van der Waals surface area contributed by atoms with Crippen LogP contribution in [0, 0.1) is 5.82 Å². The minimum absolute atomic E-state index is 0.205. The average Bonchev–Trinajstić information content (AvgIpc) is 2.56. The van der Waals surface area contributed by atoms with Gasteiger partial charge < -0.3 is 14.4 Å². The van der Waals surface area contributed by atoms with Crippen molar-refractivity contribution in [2.45, 2.75) is 62.5 Å². The van der Waals surface area contributed by atoms with E-state index in [-0.39, 0.29) is 11.3 Å². The summed E-state index contributed by atoms with van der Waals surface area (Å²) in [4.78, 5) is 17.7. The number of rotatable bonds is 2. The molecule has 3 rings (SSSR count). The van der Waals surface area contributed by atoms with E-state index >= 15 is 4.39 Å². The molecule has 1 amide bonds. The molecule has 0 N–H and O–H groups in total. The Morgan fingerprint density at radius 1 is 1.00 bits per heavy atom. The summed E-state index contributed by atoms with van der Waals surface area (Å²) in [6.07, 6.45) is -0.619. The third-order valence-electron chi connectivity index (χ3n) is 4.15. The molecule has 0 saturated carbocycles. The van der Waals surface area contributed by atoms with Gasteiger partial charge in [0, 0.05) is 29.6 Å². The van der Waals surface area contributed by atoms with Crippen molar-refractivity contribution in [2.24, 2.45) is 0 Å². The number of benzene rings is 2. The molecular formula is C23H29FN2O3S. The van der Waals surface area contributed by atoms with Crippen LogP contribution in [-0.2, 0) is 4.74 Å². The summed E-state index contributed by atoms with van der Waals surface area (Å²) in [6.45, 7) is 11.3. The van der Waals surface area contributed by atoms with E-state index in [0.29, 0.717) is 22.0 Å². The summed E-state index contributed by atoms with van der Waals surface area (Å²) in [5, 5.41) is 0. The molecule has 2 aromatic rings. The first kappa shape index (κ1) is 22.3. The quantitative estimate of drug-likeness (QED) is 0.534. The summed E-state index contributed by atoms with van der Waals surface area (Å²) in [7, 11) is 3.70. The van der Waals surface area contributed by atoms with E-state index in [1.54, 1.807) is 32.9 Å². The third-order valence-corrected chi connectivity index (χ3v) is 5.22. The van der Waals surface area contributed by atoms with Gasteiger partial charge in [-0.3, -0.25) is 0 Å². The normalized spacial score (nSPS) is 13.4. The summed E-state index contributed by atoms with van der Waals surface area (Å²) in [6, 6.07) is 8.75. The number of fused-ring (bicyclic) bond motifs is 2. The molecule has 0 spiro atoms. The second kappa shape index (κ2) is 7.69. The van der Waals surface area contributed by atoms with Crippen molar-refractivity contribution in [3.63, 3.8) is 0 Å². The Bertz CT molecular complexity index is 978. The largest absolute Gasteiger partial charge is 0.488 e. The highest BCUT2D eigenvalue weighted by Gasteiger charge is 2.35. The molecular weight excluding hydrogens is 403 g/mol. The van der Waals surface area contributed by atoms with Gasteiger partial charge in [0.25, 0.3) is 0 Å². The zero-order chi connectivity index (χ0) is 22.4. The zero-order valence-corrected chi connectivity index (χ0v) is 19.6. The second-order valence-electron chi connectivity index (χ2n) is 9.43. The molecule has 1 aliphatic heterocycles. The number of hydrogen-bond donors (Lipinski definition) is 0. The lowest BCUT2D eigenvalue weighted by Crippen LogP contribution is -2.35. The van der Waals surface area contributed by atoms with Crippen LogP contribution in [0.25, 0.3) is 0 Å². The van der Waals surface area contributed by atoms with Crippen LogP contribution >= 0.6 is 11.8 Å². The van der Waals surface area contributed by atoms with Crippen molar-refractivity contribution in [1.29, 1.82) is 0 Å². The highest BCUT2D eigenvalue weighted by atomic mass is 32.2. The molecule has 1 heterocycles. The van der Waals surface area contributed by atoms with Gasteiger partial charge in [0.15, 0.2) is 5.82 Å². The fourth-order valence-corrected chi connectivity index (χ4v) is 4.17. The van der Waals surface area contributed by atoms with Gasteiger partial charge >= 0.3 is 6.09 Å². The first-order valence-electron chi connectivity index (χ1n) is 9.80. The average molecular weight is 433 g/mol. The fourth-order valence-electron chi connectivity index (χ4n) is 3.03. The van der Waals surface area contributed by atoms with Gasteiger partial charge in [0.2, 0.25) is 0 Å². The van der Waals surface area contributed by atoms with E-state index in [1.807, 2.05) is 51.9 Å². The Morgan fingerprint density at radius 2 is 1.67 bits per heavy atom. The van der Waals surface area contributed by atoms with Crippen molar-refractivity contribution in [3.8, 4) is 5.75 Å². The van der Waals surface area contributed by atoms with Crippen LogP contribution in [-0.4, -0.2) is 31.4 Å². The fraction of sp³-hybridized carbons (Fsp3) is 0.435. The molecule has 0 unspecified atom stereocenters. The first-order valence-corrected chi connectivity index (χ1v) is 10.6. The molecule has 162 valence electrons. The highest BCUT2D eigenvalue weighted by molar-refractivity contribution is 7.99. The molecule has 0 atom stereocenters. The molecule has 1 aliphatic rings. The molecule has 5 nitrogen and oxygen atoms in total. The maximum atomic E-state index is 15.2. The van der Waals surface area contributed by atoms with Crippen molar-refractivity contribution >= 4 is 34.9 Å². The summed E-state index contributed by atoms with van der Waals surface area (Å²) >= 11 is 1.41. The SMILES string of the molecule is CN(C)c1cc(F)c2c(c1)Sc1cc(OC(C)(C)C)ccc1N2C(=O)OC(C)(C)C. The number of hydrogen-bond acceptors (Lipinski definition) is 5. The number of carbonyl (C=O) groups excluding carboxylic acids is 1. The zero-order valence-electron chi connectivity index (χ0n) is 18.8. The minimum atomic E-state index is -0.711. The molecule has 0 bridgehead atoms. The lowest BCUT2D eigenvalue weighted by molar-refractivity contribution is 0.0596. The standard InChI is InChI=1S/C23H29FN2O3S/c1-22(2,3)28-15-9-10-17-18(13-15)30-19-12-14(25(7)8)11-16(24)20(19)26(17)21(27)29-23(4,5)6/h9-13H,1-8H3. The van der Waals surface area contributed by atoms with E-state index in [2.05, 4.69) is 0 Å². The Hall–Kier alpha value is -2.41. The maximum absolute atomic E-state index is 15.2. The monoisotopic (exact) mass is 432 g/mol. The maximum Gasteiger partial charge on any atom is 0.419 e. The highest BCUT2D eigenvalue weighted by Crippen LogP contribution is 2.51. The van der Waals surface area contributed by atoms with Gasteiger partial charge in [0.1, 0.15) is 22.6 Å². The predicted octanol–water partition coefficient (Wildman–Crippen LogP) is 6.61. The van der Waals surface area contributed by atoms with E-state index in [0.717, 1.165) is 4.90 Å². The van der Waals surface area contributed by atoms with Gasteiger partial charge in [-0.15, -0.1) is 0 Å². The van der Waals surface area contributed by atoms with Gasteiger partial charge in [-0.2, -0.15) is 0 Å². The molecule has 0 aromatic heterocycles. The Balaban J connectivity index is 2.15. The van der Waals surface area contributed by atoms with Crippen LogP contribution in [0.15, 0.2) is 40.1 Å². The van der Waals surface area contributed by atoms with Crippen LogP contribution < -0.4 is 14.5 Å².